The Morgan fingerprint density at radius 3 is 2.67 bits per heavy atom. The van der Waals surface area contributed by atoms with Crippen LogP contribution in [0.15, 0.2) is 4.52 Å². The quantitative estimate of drug-likeness (QED) is 0.780. The Kier molecular flexibility index (Phi) is 9.16. The molecular weight excluding hydrogens is 296 g/mol. The lowest BCUT2D eigenvalue weighted by molar-refractivity contribution is -0.129. The van der Waals surface area contributed by atoms with E-state index in [2.05, 4.69) is 29.3 Å². The standard InChI is InChI=1S/C13H24N4O3.ClH/c1-9(2)8-19-10(3)13-15-11(20-16-13)7-17(5)12(18)6-14-4;/h9-10,14H,6-8H2,1-5H3;1H. The van der Waals surface area contributed by atoms with Gasteiger partial charge < -0.3 is 19.5 Å². The topological polar surface area (TPSA) is 80.5 Å². The fourth-order valence-electron chi connectivity index (χ4n) is 1.49. The zero-order chi connectivity index (χ0) is 15.1. The Morgan fingerprint density at radius 2 is 2.10 bits per heavy atom. The van der Waals surface area contributed by atoms with Crippen molar-refractivity contribution in [2.24, 2.45) is 5.92 Å². The molecule has 122 valence electrons. The van der Waals surface area contributed by atoms with Gasteiger partial charge in [-0.3, -0.25) is 4.79 Å². The summed E-state index contributed by atoms with van der Waals surface area (Å²) in [5, 5.41) is 6.69. The Balaban J connectivity index is 0.00000400. The van der Waals surface area contributed by atoms with E-state index in [1.807, 2.05) is 6.92 Å². The third-order valence-corrected chi connectivity index (χ3v) is 2.65. The smallest absolute Gasteiger partial charge is 0.246 e. The Labute approximate surface area is 131 Å². The molecule has 0 aliphatic rings. The van der Waals surface area contributed by atoms with E-state index in [4.69, 9.17) is 9.26 Å². The largest absolute Gasteiger partial charge is 0.370 e. The van der Waals surface area contributed by atoms with Crippen LogP contribution in [0.3, 0.4) is 0 Å². The summed E-state index contributed by atoms with van der Waals surface area (Å²) in [6, 6.07) is 0. The number of halogens is 1. The number of carbonyl (C=O) groups is 1. The molecule has 1 unspecified atom stereocenters. The number of carbonyl (C=O) groups excluding carboxylic acids is 1. The third kappa shape index (κ3) is 6.88. The van der Waals surface area contributed by atoms with Crippen LogP contribution in [0.1, 0.15) is 38.6 Å². The van der Waals surface area contributed by atoms with Gasteiger partial charge >= 0.3 is 0 Å². The molecule has 7 nitrogen and oxygen atoms in total. The highest BCUT2D eigenvalue weighted by Crippen LogP contribution is 2.14. The van der Waals surface area contributed by atoms with E-state index in [1.165, 1.54) is 4.90 Å². The number of aromatic nitrogens is 2. The summed E-state index contributed by atoms with van der Waals surface area (Å²) in [5.41, 5.74) is 0. The number of hydrogen-bond acceptors (Lipinski definition) is 6. The second-order valence-electron chi connectivity index (χ2n) is 5.20. The zero-order valence-corrected chi connectivity index (χ0v) is 14.1. The summed E-state index contributed by atoms with van der Waals surface area (Å²) in [7, 11) is 3.42. The highest BCUT2D eigenvalue weighted by molar-refractivity contribution is 5.85. The SMILES string of the molecule is CNCC(=O)N(C)Cc1nc(C(C)OCC(C)C)no1.Cl. The van der Waals surface area contributed by atoms with E-state index >= 15 is 0 Å². The van der Waals surface area contributed by atoms with Crippen molar-refractivity contribution in [1.29, 1.82) is 0 Å². The molecule has 1 aromatic heterocycles. The van der Waals surface area contributed by atoms with Crippen molar-refractivity contribution in [3.05, 3.63) is 11.7 Å². The molecule has 0 saturated carbocycles. The molecule has 1 atom stereocenters. The van der Waals surface area contributed by atoms with Gasteiger partial charge in [-0.05, 0) is 19.9 Å². The molecule has 1 rings (SSSR count). The van der Waals surface area contributed by atoms with E-state index in [-0.39, 0.29) is 31.0 Å². The Bertz CT molecular complexity index is 425. The van der Waals surface area contributed by atoms with Crippen LogP contribution >= 0.6 is 12.4 Å². The minimum Gasteiger partial charge on any atom is -0.370 e. The fraction of sp³-hybridized carbons (Fsp3) is 0.769. The van der Waals surface area contributed by atoms with Gasteiger partial charge in [0.15, 0.2) is 5.82 Å². The van der Waals surface area contributed by atoms with Gasteiger partial charge in [-0.15, -0.1) is 12.4 Å². The van der Waals surface area contributed by atoms with Gasteiger partial charge in [-0.25, -0.2) is 0 Å². The van der Waals surface area contributed by atoms with Gasteiger partial charge in [-0.1, -0.05) is 19.0 Å². The van der Waals surface area contributed by atoms with Crippen molar-refractivity contribution in [2.75, 3.05) is 27.2 Å². The Morgan fingerprint density at radius 1 is 1.43 bits per heavy atom. The first-order valence-electron chi connectivity index (χ1n) is 6.76. The number of likely N-dealkylation sites (N-methyl/N-ethyl adjacent to an activating group) is 2. The van der Waals surface area contributed by atoms with Crippen molar-refractivity contribution in [3.8, 4) is 0 Å². The maximum atomic E-state index is 11.6. The maximum Gasteiger partial charge on any atom is 0.246 e. The van der Waals surface area contributed by atoms with Crippen LogP contribution in [0.2, 0.25) is 0 Å². The van der Waals surface area contributed by atoms with Crippen molar-refractivity contribution >= 4 is 18.3 Å². The first kappa shape index (κ1) is 19.8. The molecule has 1 heterocycles. The summed E-state index contributed by atoms with van der Waals surface area (Å²) in [6.07, 6.45) is -0.215. The molecule has 0 aromatic carbocycles. The molecule has 0 fully saturated rings. The highest BCUT2D eigenvalue weighted by Gasteiger charge is 2.17. The normalized spacial score (nSPS) is 12.1. The van der Waals surface area contributed by atoms with Crippen LogP contribution in [0.4, 0.5) is 0 Å². The number of rotatable bonds is 8. The number of ether oxygens (including phenoxy) is 1. The predicted octanol–water partition coefficient (Wildman–Crippen LogP) is 1.40. The molecule has 8 heteroatoms. The summed E-state index contributed by atoms with van der Waals surface area (Å²) >= 11 is 0. The second kappa shape index (κ2) is 9.70. The lowest BCUT2D eigenvalue weighted by atomic mass is 10.2. The van der Waals surface area contributed by atoms with E-state index in [0.29, 0.717) is 30.8 Å². The minimum atomic E-state index is -0.215. The van der Waals surface area contributed by atoms with Crippen LogP contribution < -0.4 is 5.32 Å². The third-order valence-electron chi connectivity index (χ3n) is 2.65. The minimum absolute atomic E-state index is 0. The number of nitrogens with zero attached hydrogens (tertiary/aromatic N) is 3. The zero-order valence-electron chi connectivity index (χ0n) is 13.3. The molecular formula is C13H25ClN4O3. The molecule has 0 aliphatic carbocycles. The maximum absolute atomic E-state index is 11.6. The van der Waals surface area contributed by atoms with Crippen molar-refractivity contribution in [1.82, 2.24) is 20.4 Å². The van der Waals surface area contributed by atoms with Gasteiger partial charge in [0.2, 0.25) is 11.8 Å². The number of amides is 1. The molecule has 0 aliphatic heterocycles. The molecule has 1 N–H and O–H groups in total. The first-order valence-corrected chi connectivity index (χ1v) is 6.76. The second-order valence-corrected chi connectivity index (χ2v) is 5.20. The highest BCUT2D eigenvalue weighted by atomic mass is 35.5. The van der Waals surface area contributed by atoms with Crippen LogP contribution in [0.25, 0.3) is 0 Å². The van der Waals surface area contributed by atoms with E-state index in [9.17, 15) is 4.79 Å². The molecule has 0 saturated heterocycles. The van der Waals surface area contributed by atoms with Gasteiger partial charge in [0.1, 0.15) is 6.10 Å². The summed E-state index contributed by atoms with van der Waals surface area (Å²) < 4.78 is 10.8. The van der Waals surface area contributed by atoms with Crippen molar-refractivity contribution < 1.29 is 14.1 Å². The average molecular weight is 321 g/mol. The lowest BCUT2D eigenvalue weighted by Crippen LogP contribution is -2.33. The summed E-state index contributed by atoms with van der Waals surface area (Å²) in [5.74, 6) is 1.34. The molecule has 21 heavy (non-hydrogen) atoms. The summed E-state index contributed by atoms with van der Waals surface area (Å²) in [6.45, 7) is 7.27. The Hall–Kier alpha value is -1.18. The van der Waals surface area contributed by atoms with Crippen LogP contribution in [0.5, 0.6) is 0 Å². The molecule has 0 bridgehead atoms. The summed E-state index contributed by atoms with van der Waals surface area (Å²) in [4.78, 5) is 17.4. The van der Waals surface area contributed by atoms with Crippen LogP contribution in [-0.4, -0.2) is 48.2 Å². The average Bonchev–Trinajstić information content (AvgIpc) is 2.84. The van der Waals surface area contributed by atoms with E-state index in [0.717, 1.165) is 0 Å². The van der Waals surface area contributed by atoms with Crippen LogP contribution in [0, 0.1) is 5.92 Å². The van der Waals surface area contributed by atoms with Gasteiger partial charge in [0.25, 0.3) is 0 Å². The van der Waals surface area contributed by atoms with E-state index < -0.39 is 0 Å². The van der Waals surface area contributed by atoms with Gasteiger partial charge in [-0.2, -0.15) is 4.98 Å². The molecule has 0 spiro atoms. The fourth-order valence-corrected chi connectivity index (χ4v) is 1.49. The number of hydrogen-bond donors (Lipinski definition) is 1. The van der Waals surface area contributed by atoms with Gasteiger partial charge in [0.05, 0.1) is 13.1 Å². The first-order chi connectivity index (χ1) is 9.43. The molecule has 0 radical (unpaired) electrons. The van der Waals surface area contributed by atoms with Crippen molar-refractivity contribution in [3.63, 3.8) is 0 Å². The predicted molar refractivity (Wildman–Crippen MR) is 81.2 cm³/mol. The van der Waals surface area contributed by atoms with E-state index in [1.54, 1.807) is 14.1 Å². The number of nitrogens with one attached hydrogen (secondary N) is 1. The monoisotopic (exact) mass is 320 g/mol. The van der Waals surface area contributed by atoms with Crippen molar-refractivity contribution in [2.45, 2.75) is 33.4 Å². The molecule has 1 amide bonds. The van der Waals surface area contributed by atoms with Crippen LogP contribution in [-0.2, 0) is 16.1 Å². The molecule has 1 aromatic rings. The van der Waals surface area contributed by atoms with Gasteiger partial charge in [0, 0.05) is 13.7 Å². The lowest BCUT2D eigenvalue weighted by Gasteiger charge is -2.14.